The van der Waals surface area contributed by atoms with E-state index in [0.717, 1.165) is 58.2 Å². The van der Waals surface area contributed by atoms with Crippen LogP contribution in [0.3, 0.4) is 0 Å². The number of ether oxygens (including phenoxy) is 2. The van der Waals surface area contributed by atoms with Gasteiger partial charge in [-0.2, -0.15) is 0 Å². The zero-order valence-electron chi connectivity index (χ0n) is 15.3. The Morgan fingerprint density at radius 2 is 1.81 bits per heavy atom. The van der Waals surface area contributed by atoms with Crippen LogP contribution >= 0.6 is 11.3 Å². The Morgan fingerprint density at radius 1 is 1.00 bits per heavy atom. The third-order valence-corrected chi connectivity index (χ3v) is 6.36. The van der Waals surface area contributed by atoms with Gasteiger partial charge in [-0.05, 0) is 37.1 Å². The van der Waals surface area contributed by atoms with Crippen molar-refractivity contribution in [2.75, 3.05) is 45.9 Å². The second-order valence-corrected chi connectivity index (χ2v) is 8.28. The van der Waals surface area contributed by atoms with Crippen LogP contribution in [0.1, 0.15) is 28.7 Å². The van der Waals surface area contributed by atoms with E-state index in [2.05, 4.69) is 21.9 Å². The molecule has 0 amide bonds. The van der Waals surface area contributed by atoms with Crippen molar-refractivity contribution < 1.29 is 9.47 Å². The summed E-state index contributed by atoms with van der Waals surface area (Å²) in [6, 6.07) is 14.7. The maximum atomic E-state index is 5.82. The molecule has 0 N–H and O–H groups in total. The molecule has 140 valence electrons. The van der Waals surface area contributed by atoms with Gasteiger partial charge in [-0.15, -0.1) is 11.3 Å². The number of piperazine rings is 1. The Morgan fingerprint density at radius 3 is 2.58 bits per heavy atom. The Labute approximate surface area is 160 Å². The van der Waals surface area contributed by atoms with Crippen LogP contribution in [-0.4, -0.2) is 55.7 Å². The van der Waals surface area contributed by atoms with Gasteiger partial charge >= 0.3 is 0 Å². The lowest BCUT2D eigenvalue weighted by Crippen LogP contribution is -2.46. The van der Waals surface area contributed by atoms with Gasteiger partial charge in [-0.1, -0.05) is 18.2 Å². The molecule has 2 aromatic rings. The average molecular weight is 373 g/mol. The lowest BCUT2D eigenvalue weighted by molar-refractivity contribution is 0.113. The van der Waals surface area contributed by atoms with Gasteiger partial charge in [-0.25, -0.2) is 0 Å². The fourth-order valence-electron chi connectivity index (χ4n) is 3.66. The van der Waals surface area contributed by atoms with Crippen LogP contribution in [0.2, 0.25) is 0 Å². The molecule has 3 heterocycles. The van der Waals surface area contributed by atoms with E-state index in [-0.39, 0.29) is 0 Å². The molecule has 1 atom stereocenters. The molecule has 0 spiro atoms. The van der Waals surface area contributed by atoms with Gasteiger partial charge in [0.15, 0.2) is 0 Å². The molecule has 4 rings (SSSR count). The summed E-state index contributed by atoms with van der Waals surface area (Å²) in [5.41, 5.74) is 0. The molecule has 0 radical (unpaired) electrons. The molecule has 0 unspecified atom stereocenters. The third-order valence-electron chi connectivity index (χ3n) is 5.19. The minimum Gasteiger partial charge on any atom is -0.492 e. The molecule has 1 aromatic heterocycles. The highest BCUT2D eigenvalue weighted by atomic mass is 32.1. The summed E-state index contributed by atoms with van der Waals surface area (Å²) in [5, 5.41) is 0. The average Bonchev–Trinajstić information content (AvgIpc) is 3.36. The monoisotopic (exact) mass is 372 g/mol. The first-order valence-corrected chi connectivity index (χ1v) is 10.5. The molecule has 2 fully saturated rings. The molecular weight excluding hydrogens is 344 g/mol. The van der Waals surface area contributed by atoms with Crippen molar-refractivity contribution in [3.05, 3.63) is 52.2 Å². The highest BCUT2D eigenvalue weighted by Gasteiger charge is 2.21. The molecule has 2 saturated heterocycles. The number of para-hydroxylation sites is 1. The first-order chi connectivity index (χ1) is 12.9. The summed E-state index contributed by atoms with van der Waals surface area (Å²) in [7, 11) is 0. The predicted molar refractivity (Wildman–Crippen MR) is 106 cm³/mol. The maximum Gasteiger partial charge on any atom is 0.119 e. The summed E-state index contributed by atoms with van der Waals surface area (Å²) in [6.45, 7) is 8.30. The molecule has 2 aliphatic heterocycles. The maximum absolute atomic E-state index is 5.82. The van der Waals surface area contributed by atoms with Gasteiger partial charge in [0, 0.05) is 55.6 Å². The second kappa shape index (κ2) is 9.00. The second-order valence-electron chi connectivity index (χ2n) is 7.09. The van der Waals surface area contributed by atoms with Crippen LogP contribution in [0.15, 0.2) is 42.5 Å². The summed E-state index contributed by atoms with van der Waals surface area (Å²) in [4.78, 5) is 7.95. The van der Waals surface area contributed by atoms with E-state index >= 15 is 0 Å². The Balaban J connectivity index is 1.17. The van der Waals surface area contributed by atoms with Gasteiger partial charge in [-0.3, -0.25) is 9.80 Å². The Kier molecular flexibility index (Phi) is 6.22. The lowest BCUT2D eigenvalue weighted by atomic mass is 10.2. The normalized spacial score (nSPS) is 21.9. The largest absolute Gasteiger partial charge is 0.492 e. The lowest BCUT2D eigenvalue weighted by Gasteiger charge is -2.34. The molecule has 4 nitrogen and oxygen atoms in total. The van der Waals surface area contributed by atoms with Crippen molar-refractivity contribution >= 4 is 11.3 Å². The highest BCUT2D eigenvalue weighted by molar-refractivity contribution is 7.12. The Bertz CT molecular complexity index is 662. The number of hydrogen-bond acceptors (Lipinski definition) is 5. The number of nitrogens with zero attached hydrogens (tertiary/aromatic N) is 2. The van der Waals surface area contributed by atoms with Crippen molar-refractivity contribution in [1.82, 2.24) is 9.80 Å². The number of hydrogen-bond donors (Lipinski definition) is 0. The van der Waals surface area contributed by atoms with E-state index in [9.17, 15) is 0 Å². The first kappa shape index (κ1) is 18.0. The van der Waals surface area contributed by atoms with E-state index < -0.39 is 0 Å². The molecule has 0 saturated carbocycles. The van der Waals surface area contributed by atoms with Crippen LogP contribution in [0.5, 0.6) is 5.75 Å². The van der Waals surface area contributed by atoms with Crippen LogP contribution in [-0.2, 0) is 11.3 Å². The summed E-state index contributed by atoms with van der Waals surface area (Å²) in [5.74, 6) is 0.964. The molecular formula is C21H28N2O2S. The number of benzene rings is 1. The minimum atomic E-state index is 0.357. The fourth-order valence-corrected chi connectivity index (χ4v) is 4.79. The van der Waals surface area contributed by atoms with Gasteiger partial charge < -0.3 is 9.47 Å². The van der Waals surface area contributed by atoms with Crippen LogP contribution in [0, 0.1) is 0 Å². The van der Waals surface area contributed by atoms with E-state index in [1.54, 1.807) is 0 Å². The van der Waals surface area contributed by atoms with Crippen molar-refractivity contribution in [3.8, 4) is 5.75 Å². The third kappa shape index (κ3) is 4.86. The number of thiophene rings is 1. The first-order valence-electron chi connectivity index (χ1n) is 9.69. The zero-order valence-corrected chi connectivity index (χ0v) is 16.1. The van der Waals surface area contributed by atoms with Crippen LogP contribution in [0.4, 0.5) is 0 Å². The van der Waals surface area contributed by atoms with E-state index in [4.69, 9.17) is 9.47 Å². The van der Waals surface area contributed by atoms with Crippen molar-refractivity contribution in [3.63, 3.8) is 0 Å². The van der Waals surface area contributed by atoms with Gasteiger partial charge in [0.1, 0.15) is 12.4 Å². The van der Waals surface area contributed by atoms with Crippen molar-refractivity contribution in [1.29, 1.82) is 0 Å². The van der Waals surface area contributed by atoms with Gasteiger partial charge in [0.2, 0.25) is 0 Å². The molecule has 0 aliphatic carbocycles. The Hall–Kier alpha value is -1.40. The van der Waals surface area contributed by atoms with E-state index in [0.29, 0.717) is 6.10 Å². The number of rotatable bonds is 7. The topological polar surface area (TPSA) is 24.9 Å². The molecule has 1 aromatic carbocycles. The fraction of sp³-hybridized carbons (Fsp3) is 0.524. The molecule has 0 bridgehead atoms. The summed E-state index contributed by atoms with van der Waals surface area (Å²) >= 11 is 1.94. The summed E-state index contributed by atoms with van der Waals surface area (Å²) in [6.07, 6.45) is 2.74. The molecule has 5 heteroatoms. The van der Waals surface area contributed by atoms with Crippen LogP contribution < -0.4 is 4.74 Å². The van der Waals surface area contributed by atoms with Crippen molar-refractivity contribution in [2.45, 2.75) is 25.5 Å². The van der Waals surface area contributed by atoms with E-state index in [1.165, 1.54) is 22.6 Å². The zero-order chi connectivity index (χ0) is 17.6. The van der Waals surface area contributed by atoms with Crippen LogP contribution in [0.25, 0.3) is 0 Å². The minimum absolute atomic E-state index is 0.357. The SMILES string of the molecule is c1ccc(OCCN2CCN(Cc3ccc([C@H]4CCCO4)s3)CC2)cc1. The summed E-state index contributed by atoms with van der Waals surface area (Å²) < 4.78 is 11.6. The van der Waals surface area contributed by atoms with Crippen molar-refractivity contribution in [2.24, 2.45) is 0 Å². The quantitative estimate of drug-likeness (QED) is 0.738. The molecule has 26 heavy (non-hydrogen) atoms. The standard InChI is InChI=1S/C21H28N2O2S/c1-2-5-18(6-3-1)24-16-14-22-10-12-23(13-11-22)17-19-8-9-21(26-19)20-7-4-15-25-20/h1-3,5-6,8-9,20H,4,7,10-17H2/t20-/m1/s1. The predicted octanol–water partition coefficient (Wildman–Crippen LogP) is 3.80. The van der Waals surface area contributed by atoms with E-state index in [1.807, 2.05) is 41.7 Å². The van der Waals surface area contributed by atoms with Gasteiger partial charge in [0.05, 0.1) is 6.10 Å². The smallest absolute Gasteiger partial charge is 0.119 e. The van der Waals surface area contributed by atoms with Gasteiger partial charge in [0.25, 0.3) is 0 Å². The highest BCUT2D eigenvalue weighted by Crippen LogP contribution is 2.33. The molecule has 2 aliphatic rings.